The van der Waals surface area contributed by atoms with Crippen molar-refractivity contribution >= 4 is 39.2 Å². The zero-order valence-corrected chi connectivity index (χ0v) is 11.9. The lowest BCUT2D eigenvalue weighted by Crippen LogP contribution is -2.39. The number of hydrogen-bond donors (Lipinski definition) is 1. The van der Waals surface area contributed by atoms with E-state index in [9.17, 15) is 14.7 Å². The monoisotopic (exact) mass is 320 g/mol. The number of hydrogen-bond acceptors (Lipinski definition) is 4. The molecule has 0 aliphatic rings. The maximum Gasteiger partial charge on any atom is 0.323 e. The van der Waals surface area contributed by atoms with Crippen LogP contribution in [0.4, 0.5) is 0 Å². The highest BCUT2D eigenvalue weighted by molar-refractivity contribution is 9.11. The van der Waals surface area contributed by atoms with Crippen LogP contribution in [0.15, 0.2) is 15.9 Å². The third-order valence-electron chi connectivity index (χ3n) is 2.35. The van der Waals surface area contributed by atoms with Crippen LogP contribution in [0.5, 0.6) is 0 Å². The number of carboxylic acid groups (broad SMARTS) is 1. The first kappa shape index (κ1) is 14.2. The Morgan fingerprint density at radius 3 is 2.59 bits per heavy atom. The van der Waals surface area contributed by atoms with Gasteiger partial charge in [-0.1, -0.05) is 0 Å². The molecule has 0 fully saturated rings. The van der Waals surface area contributed by atoms with Crippen molar-refractivity contribution < 1.29 is 19.4 Å². The summed E-state index contributed by atoms with van der Waals surface area (Å²) in [5.74, 6) is -1.86. The maximum absolute atomic E-state index is 11.7. The van der Waals surface area contributed by atoms with Gasteiger partial charge < -0.3 is 9.84 Å². The van der Waals surface area contributed by atoms with Crippen molar-refractivity contribution in [1.29, 1.82) is 0 Å². The first-order valence-electron chi connectivity index (χ1n) is 5.05. The molecule has 1 atom stereocenters. The number of aliphatic carboxylic acids is 1. The molecular formula is C11H13BrO4S. The van der Waals surface area contributed by atoms with E-state index in [1.54, 1.807) is 13.0 Å². The molecule has 0 amide bonds. The van der Waals surface area contributed by atoms with Crippen LogP contribution in [0.2, 0.25) is 0 Å². The Morgan fingerprint density at radius 2 is 2.18 bits per heavy atom. The first-order chi connectivity index (χ1) is 7.90. The number of thiophene rings is 1. The largest absolute Gasteiger partial charge is 0.480 e. The van der Waals surface area contributed by atoms with Crippen LogP contribution < -0.4 is 0 Å². The molecule has 1 N–H and O–H groups in total. The van der Waals surface area contributed by atoms with E-state index in [-0.39, 0.29) is 13.0 Å². The zero-order valence-electron chi connectivity index (χ0n) is 9.53. The summed E-state index contributed by atoms with van der Waals surface area (Å²) < 4.78 is 5.73. The van der Waals surface area contributed by atoms with Crippen LogP contribution in [0.1, 0.15) is 18.7 Å². The average Bonchev–Trinajstić information content (AvgIpc) is 2.63. The predicted octanol–water partition coefficient (Wildman–Crippen LogP) is 2.71. The van der Waals surface area contributed by atoms with Crippen molar-refractivity contribution in [1.82, 2.24) is 0 Å². The fourth-order valence-corrected chi connectivity index (χ4v) is 2.96. The Kier molecular flexibility index (Phi) is 4.70. The molecular weight excluding hydrogens is 308 g/mol. The van der Waals surface area contributed by atoms with Crippen LogP contribution in [0.25, 0.3) is 0 Å². The third kappa shape index (κ3) is 3.29. The topological polar surface area (TPSA) is 63.6 Å². The molecule has 1 unspecified atom stereocenters. The summed E-state index contributed by atoms with van der Waals surface area (Å²) in [6.07, 6.45) is 0.136. The minimum Gasteiger partial charge on any atom is -0.480 e. The van der Waals surface area contributed by atoms with E-state index in [1.165, 1.54) is 18.3 Å². The Hall–Kier alpha value is -0.880. The highest BCUT2D eigenvalue weighted by Crippen LogP contribution is 2.30. The summed E-state index contributed by atoms with van der Waals surface area (Å²) in [4.78, 5) is 23.8. The van der Waals surface area contributed by atoms with E-state index in [2.05, 4.69) is 15.9 Å². The highest BCUT2D eigenvalue weighted by Gasteiger charge is 2.43. The van der Waals surface area contributed by atoms with Crippen molar-refractivity contribution in [2.75, 3.05) is 6.61 Å². The molecule has 0 saturated carbocycles. The molecule has 0 bridgehead atoms. The normalized spacial score (nSPS) is 14.1. The second-order valence-electron chi connectivity index (χ2n) is 3.74. The lowest BCUT2D eigenvalue weighted by molar-refractivity contribution is -0.167. The van der Waals surface area contributed by atoms with Gasteiger partial charge in [-0.15, -0.1) is 11.3 Å². The number of carbonyl (C=O) groups excluding carboxylic acids is 1. The average molecular weight is 321 g/mol. The number of carbonyl (C=O) groups is 2. The Bertz CT molecular complexity index is 429. The van der Waals surface area contributed by atoms with E-state index in [0.717, 1.165) is 8.66 Å². The molecule has 1 rings (SSSR count). The smallest absolute Gasteiger partial charge is 0.323 e. The zero-order chi connectivity index (χ0) is 13.1. The van der Waals surface area contributed by atoms with Crippen LogP contribution in [-0.2, 0) is 20.7 Å². The first-order valence-corrected chi connectivity index (χ1v) is 6.66. The van der Waals surface area contributed by atoms with Gasteiger partial charge in [0.25, 0.3) is 0 Å². The summed E-state index contributed by atoms with van der Waals surface area (Å²) >= 11 is 4.71. The second-order valence-corrected chi connectivity index (χ2v) is 6.29. The minimum atomic E-state index is -1.53. The molecule has 4 nitrogen and oxygen atoms in total. The Morgan fingerprint density at radius 1 is 1.53 bits per heavy atom. The lowest BCUT2D eigenvalue weighted by atomic mass is 9.86. The molecule has 0 aromatic carbocycles. The minimum absolute atomic E-state index is 0.136. The molecule has 1 aromatic rings. The van der Waals surface area contributed by atoms with Crippen LogP contribution in [-0.4, -0.2) is 23.7 Å². The quantitative estimate of drug-likeness (QED) is 0.669. The van der Waals surface area contributed by atoms with Gasteiger partial charge in [-0.25, -0.2) is 0 Å². The van der Waals surface area contributed by atoms with Gasteiger partial charge in [0.1, 0.15) is 0 Å². The fourth-order valence-electron chi connectivity index (χ4n) is 1.32. The van der Waals surface area contributed by atoms with Gasteiger partial charge in [0.2, 0.25) is 0 Å². The summed E-state index contributed by atoms with van der Waals surface area (Å²) in [6.45, 7) is 3.22. The number of ether oxygens (including phenoxy) is 1. The third-order valence-corrected chi connectivity index (χ3v) is 3.98. The molecule has 0 aliphatic carbocycles. The van der Waals surface area contributed by atoms with E-state index in [0.29, 0.717) is 0 Å². The van der Waals surface area contributed by atoms with E-state index < -0.39 is 17.4 Å². The van der Waals surface area contributed by atoms with Gasteiger partial charge in [-0.3, -0.25) is 9.59 Å². The summed E-state index contributed by atoms with van der Waals surface area (Å²) in [5.41, 5.74) is -1.53. The lowest BCUT2D eigenvalue weighted by Gasteiger charge is -2.21. The van der Waals surface area contributed by atoms with E-state index in [1.807, 2.05) is 6.07 Å². The van der Waals surface area contributed by atoms with E-state index >= 15 is 0 Å². The van der Waals surface area contributed by atoms with Gasteiger partial charge in [0.05, 0.1) is 10.4 Å². The van der Waals surface area contributed by atoms with Gasteiger partial charge in [-0.05, 0) is 41.9 Å². The van der Waals surface area contributed by atoms with Crippen molar-refractivity contribution in [3.8, 4) is 0 Å². The summed E-state index contributed by atoms with van der Waals surface area (Å²) in [5, 5.41) is 9.19. The van der Waals surface area contributed by atoms with Crippen molar-refractivity contribution in [2.45, 2.75) is 20.3 Å². The SMILES string of the molecule is CCOC(=O)C(C)(Cc1ccc(Br)s1)C(=O)O. The van der Waals surface area contributed by atoms with Crippen LogP contribution >= 0.6 is 27.3 Å². The van der Waals surface area contributed by atoms with Crippen molar-refractivity contribution in [2.24, 2.45) is 5.41 Å². The molecule has 0 saturated heterocycles. The maximum atomic E-state index is 11.7. The molecule has 94 valence electrons. The van der Waals surface area contributed by atoms with Gasteiger partial charge in [0.15, 0.2) is 5.41 Å². The molecule has 0 radical (unpaired) electrons. The number of esters is 1. The fraction of sp³-hybridized carbons (Fsp3) is 0.455. The van der Waals surface area contributed by atoms with Crippen LogP contribution in [0, 0.1) is 5.41 Å². The molecule has 17 heavy (non-hydrogen) atoms. The standard InChI is InChI=1S/C11H13BrO4S/c1-3-16-10(15)11(2,9(13)14)6-7-4-5-8(12)17-7/h4-5H,3,6H2,1-2H3,(H,13,14). The van der Waals surface area contributed by atoms with E-state index in [4.69, 9.17) is 4.74 Å². The van der Waals surface area contributed by atoms with Gasteiger partial charge in [-0.2, -0.15) is 0 Å². The van der Waals surface area contributed by atoms with Crippen LogP contribution in [0.3, 0.4) is 0 Å². The number of carboxylic acids is 1. The highest BCUT2D eigenvalue weighted by atomic mass is 79.9. The Labute approximate surface area is 112 Å². The number of rotatable bonds is 5. The molecule has 1 aromatic heterocycles. The van der Waals surface area contributed by atoms with Gasteiger partial charge >= 0.3 is 11.9 Å². The predicted molar refractivity (Wildman–Crippen MR) is 68.1 cm³/mol. The number of halogens is 1. The summed E-state index contributed by atoms with van der Waals surface area (Å²) in [6, 6.07) is 3.63. The molecule has 6 heteroatoms. The summed E-state index contributed by atoms with van der Waals surface area (Å²) in [7, 11) is 0. The Balaban J connectivity index is 2.92. The molecule has 1 heterocycles. The second kappa shape index (κ2) is 5.64. The van der Waals surface area contributed by atoms with Gasteiger partial charge in [0, 0.05) is 11.3 Å². The molecule has 0 spiro atoms. The van der Waals surface area contributed by atoms with Crippen molar-refractivity contribution in [3.05, 3.63) is 20.8 Å². The molecule has 0 aliphatic heterocycles. The van der Waals surface area contributed by atoms with Crippen molar-refractivity contribution in [3.63, 3.8) is 0 Å².